The van der Waals surface area contributed by atoms with Gasteiger partial charge in [-0.15, -0.1) is 9.24 Å². The first-order chi connectivity index (χ1) is 6.36. The van der Waals surface area contributed by atoms with Crippen molar-refractivity contribution in [3.8, 4) is 0 Å². The molecule has 0 N–H and O–H groups in total. The van der Waals surface area contributed by atoms with E-state index >= 15 is 0 Å². The van der Waals surface area contributed by atoms with Gasteiger partial charge in [0.1, 0.15) is 0 Å². The van der Waals surface area contributed by atoms with Crippen molar-refractivity contribution < 1.29 is 0 Å². The molecule has 0 aromatic heterocycles. The lowest BCUT2D eigenvalue weighted by Crippen LogP contribution is -1.98. The minimum absolute atomic E-state index is 0.519. The van der Waals surface area contributed by atoms with E-state index < -0.39 is 0 Å². The summed E-state index contributed by atoms with van der Waals surface area (Å²) in [6.07, 6.45) is 9.02. The Morgan fingerprint density at radius 3 is 2.54 bits per heavy atom. The van der Waals surface area contributed by atoms with Crippen LogP contribution in [0, 0.1) is 16.7 Å². The maximum atomic E-state index is 9.89. The first kappa shape index (κ1) is 11.1. The Bertz CT molecular complexity index is 152. The van der Waals surface area contributed by atoms with Crippen molar-refractivity contribution >= 4 is 9.24 Å². The second-order valence-electron chi connectivity index (χ2n) is 4.12. The summed E-state index contributed by atoms with van der Waals surface area (Å²) in [5.41, 5.74) is 0. The van der Waals surface area contributed by atoms with Crippen LogP contribution in [0.1, 0.15) is 38.5 Å². The molecule has 0 bridgehead atoms. The number of hydrogen-bond acceptors (Lipinski definition) is 2. The molecule has 2 nitrogen and oxygen atoms in total. The van der Waals surface area contributed by atoms with Crippen LogP contribution in [0.15, 0.2) is 5.18 Å². The Hall–Kier alpha value is 0.0300. The molecule has 0 aromatic rings. The molecule has 0 amide bonds. The van der Waals surface area contributed by atoms with Gasteiger partial charge in [0.2, 0.25) is 0 Å². The van der Waals surface area contributed by atoms with Crippen molar-refractivity contribution in [2.75, 3.05) is 12.7 Å². The van der Waals surface area contributed by atoms with Crippen LogP contribution in [0.3, 0.4) is 0 Å². The van der Waals surface area contributed by atoms with E-state index in [-0.39, 0.29) is 0 Å². The van der Waals surface area contributed by atoms with Crippen molar-refractivity contribution in [1.29, 1.82) is 0 Å². The van der Waals surface area contributed by atoms with Crippen molar-refractivity contribution in [1.82, 2.24) is 0 Å². The zero-order valence-corrected chi connectivity index (χ0v) is 9.40. The molecule has 3 unspecified atom stereocenters. The minimum Gasteiger partial charge on any atom is -0.151 e. The van der Waals surface area contributed by atoms with E-state index in [1.807, 2.05) is 0 Å². The zero-order chi connectivity index (χ0) is 9.52. The molecule has 0 saturated heterocycles. The van der Waals surface area contributed by atoms with Gasteiger partial charge >= 0.3 is 0 Å². The van der Waals surface area contributed by atoms with Crippen molar-refractivity contribution in [2.24, 2.45) is 17.0 Å². The Kier molecular flexibility index (Phi) is 5.54. The fraction of sp³-hybridized carbons (Fsp3) is 1.00. The average molecular weight is 201 g/mol. The molecule has 1 rings (SSSR count). The molecule has 3 heteroatoms. The van der Waals surface area contributed by atoms with Gasteiger partial charge in [-0.2, -0.15) is 4.91 Å². The lowest BCUT2D eigenvalue weighted by Gasteiger charge is -2.08. The van der Waals surface area contributed by atoms with E-state index in [2.05, 4.69) is 14.4 Å². The summed E-state index contributed by atoms with van der Waals surface area (Å²) in [6.45, 7) is 0.519. The maximum absolute atomic E-state index is 9.89. The van der Waals surface area contributed by atoms with Crippen molar-refractivity contribution in [2.45, 2.75) is 38.5 Å². The largest absolute Gasteiger partial charge is 0.151 e. The van der Waals surface area contributed by atoms with Gasteiger partial charge in [-0.25, -0.2) is 0 Å². The van der Waals surface area contributed by atoms with E-state index in [1.54, 1.807) is 0 Å². The van der Waals surface area contributed by atoms with Gasteiger partial charge < -0.3 is 0 Å². The fourth-order valence-corrected chi connectivity index (χ4v) is 2.85. The monoisotopic (exact) mass is 201 g/mol. The molecule has 1 aliphatic carbocycles. The maximum Gasteiger partial charge on any atom is 0.0811 e. The second kappa shape index (κ2) is 6.48. The third kappa shape index (κ3) is 4.17. The summed E-state index contributed by atoms with van der Waals surface area (Å²) < 4.78 is 0. The van der Waals surface area contributed by atoms with Gasteiger partial charge in [-0.1, -0.05) is 18.0 Å². The van der Waals surface area contributed by atoms with Gasteiger partial charge in [-0.05, 0) is 43.7 Å². The van der Waals surface area contributed by atoms with Gasteiger partial charge in [0.15, 0.2) is 0 Å². The zero-order valence-electron chi connectivity index (χ0n) is 8.24. The molecule has 0 spiro atoms. The highest BCUT2D eigenvalue weighted by Crippen LogP contribution is 2.35. The molecule has 76 valence electrons. The minimum atomic E-state index is 0.519. The number of rotatable bonds is 6. The standard InChI is InChI=1S/C10H20NOP/c12-11-6-1-2-9-3-4-10(8-9)5-7-13/h9-10H,1-8,13H2. The van der Waals surface area contributed by atoms with Crippen LogP contribution in [0.4, 0.5) is 0 Å². The van der Waals surface area contributed by atoms with Crippen molar-refractivity contribution in [3.63, 3.8) is 0 Å². The quantitative estimate of drug-likeness (QED) is 0.368. The lowest BCUT2D eigenvalue weighted by atomic mass is 9.99. The first-order valence-electron chi connectivity index (χ1n) is 5.36. The van der Waals surface area contributed by atoms with E-state index in [4.69, 9.17) is 0 Å². The van der Waals surface area contributed by atoms with Crippen LogP contribution >= 0.6 is 9.24 Å². The summed E-state index contributed by atoms with van der Waals surface area (Å²) in [6, 6.07) is 0. The molecular weight excluding hydrogens is 181 g/mol. The molecule has 1 fully saturated rings. The molecule has 1 saturated carbocycles. The predicted molar refractivity (Wildman–Crippen MR) is 59.9 cm³/mol. The van der Waals surface area contributed by atoms with Crippen LogP contribution in [0.5, 0.6) is 0 Å². The van der Waals surface area contributed by atoms with Crippen molar-refractivity contribution in [3.05, 3.63) is 4.91 Å². The summed E-state index contributed by atoms with van der Waals surface area (Å²) in [7, 11) is 2.81. The van der Waals surface area contributed by atoms with Gasteiger partial charge in [0, 0.05) is 0 Å². The average Bonchev–Trinajstić information content (AvgIpc) is 2.54. The summed E-state index contributed by atoms with van der Waals surface area (Å²) in [5.74, 6) is 1.86. The topological polar surface area (TPSA) is 29.4 Å². The van der Waals surface area contributed by atoms with E-state index in [1.165, 1.54) is 38.3 Å². The lowest BCUT2D eigenvalue weighted by molar-refractivity contribution is 0.450. The molecular formula is C10H20NOP. The number of nitrogens with zero attached hydrogens (tertiary/aromatic N) is 1. The van der Waals surface area contributed by atoms with Crippen LogP contribution < -0.4 is 0 Å². The predicted octanol–water partition coefficient (Wildman–Crippen LogP) is 3.21. The van der Waals surface area contributed by atoms with Crippen LogP contribution in [-0.2, 0) is 0 Å². The molecule has 3 atom stereocenters. The number of hydrogen-bond donors (Lipinski definition) is 0. The Morgan fingerprint density at radius 1 is 1.23 bits per heavy atom. The normalized spacial score (nSPS) is 27.8. The van der Waals surface area contributed by atoms with E-state index in [9.17, 15) is 4.91 Å². The Morgan fingerprint density at radius 2 is 1.92 bits per heavy atom. The Balaban J connectivity index is 2.06. The summed E-state index contributed by atoms with van der Waals surface area (Å²) in [5, 5.41) is 2.90. The molecule has 1 aliphatic rings. The van der Waals surface area contributed by atoms with Gasteiger partial charge in [0.05, 0.1) is 6.54 Å². The van der Waals surface area contributed by atoms with Crippen LogP contribution in [0.2, 0.25) is 0 Å². The molecule has 0 radical (unpaired) electrons. The fourth-order valence-electron chi connectivity index (χ4n) is 2.38. The third-order valence-corrected chi connectivity index (χ3v) is 3.42. The Labute approximate surface area is 83.0 Å². The van der Waals surface area contributed by atoms with Gasteiger partial charge in [-0.3, -0.25) is 0 Å². The number of nitroso groups, excluding NO2 is 1. The first-order valence-corrected chi connectivity index (χ1v) is 6.17. The molecule has 0 aliphatic heterocycles. The van der Waals surface area contributed by atoms with Gasteiger partial charge in [0.25, 0.3) is 0 Å². The van der Waals surface area contributed by atoms with E-state index in [0.29, 0.717) is 6.54 Å². The van der Waals surface area contributed by atoms with E-state index in [0.717, 1.165) is 18.3 Å². The summed E-state index contributed by atoms with van der Waals surface area (Å²) >= 11 is 0. The van der Waals surface area contributed by atoms with Crippen LogP contribution in [0.25, 0.3) is 0 Å². The highest BCUT2D eigenvalue weighted by molar-refractivity contribution is 7.16. The highest BCUT2D eigenvalue weighted by Gasteiger charge is 2.23. The third-order valence-electron chi connectivity index (χ3n) is 3.09. The second-order valence-corrected chi connectivity index (χ2v) is 4.69. The summed E-state index contributed by atoms with van der Waals surface area (Å²) in [4.78, 5) is 9.89. The smallest absolute Gasteiger partial charge is 0.0811 e. The SMILES string of the molecule is O=NCCCC1CCC(CCP)C1. The van der Waals surface area contributed by atoms with Crippen LogP contribution in [-0.4, -0.2) is 12.7 Å². The molecule has 0 aromatic carbocycles. The molecule has 0 heterocycles. The highest BCUT2D eigenvalue weighted by atomic mass is 31.0. The molecule has 13 heavy (non-hydrogen) atoms.